The van der Waals surface area contributed by atoms with Crippen molar-refractivity contribution >= 4 is 39.7 Å². The zero-order chi connectivity index (χ0) is 21.4. The topological polar surface area (TPSA) is 64.6 Å². The summed E-state index contributed by atoms with van der Waals surface area (Å²) in [6.07, 6.45) is 0.336. The van der Waals surface area contributed by atoms with E-state index in [0.29, 0.717) is 22.8 Å². The average Bonchev–Trinajstić information content (AvgIpc) is 3.34. The maximum Gasteiger partial charge on any atom is 0.353 e. The molecule has 1 N–H and O–H groups in total. The van der Waals surface area contributed by atoms with E-state index >= 15 is 0 Å². The Kier molecular flexibility index (Phi) is 4.92. The van der Waals surface area contributed by atoms with E-state index in [1.807, 2.05) is 41.8 Å². The van der Waals surface area contributed by atoms with Crippen LogP contribution in [0.1, 0.15) is 33.1 Å². The van der Waals surface area contributed by atoms with Crippen molar-refractivity contribution in [1.29, 1.82) is 0 Å². The molecule has 5 rings (SSSR count). The van der Waals surface area contributed by atoms with Crippen LogP contribution in [0.15, 0.2) is 72.1 Å². The summed E-state index contributed by atoms with van der Waals surface area (Å²) < 4.78 is 11.0. The molecule has 0 unspecified atom stereocenters. The fourth-order valence-electron chi connectivity index (χ4n) is 4.03. The minimum Gasteiger partial charge on any atom is -0.493 e. The second-order valence-electron chi connectivity index (χ2n) is 7.33. The van der Waals surface area contributed by atoms with Crippen LogP contribution in [0.25, 0.3) is 10.8 Å². The summed E-state index contributed by atoms with van der Waals surface area (Å²) in [5.74, 6) is 0.236. The number of amides is 1. The van der Waals surface area contributed by atoms with Crippen LogP contribution in [0.2, 0.25) is 0 Å². The van der Waals surface area contributed by atoms with Crippen molar-refractivity contribution in [3.8, 4) is 11.5 Å². The Balaban J connectivity index is 1.53. The Bertz CT molecular complexity index is 1300. The van der Waals surface area contributed by atoms with Crippen molar-refractivity contribution in [3.05, 3.63) is 88.1 Å². The number of benzene rings is 3. The molecule has 0 radical (unpaired) electrons. The molecular formula is C25H19NO4S. The van der Waals surface area contributed by atoms with Crippen molar-refractivity contribution in [2.75, 3.05) is 12.4 Å². The van der Waals surface area contributed by atoms with Crippen molar-refractivity contribution in [3.63, 3.8) is 0 Å². The summed E-state index contributed by atoms with van der Waals surface area (Å²) in [5.41, 5.74) is 2.84. The van der Waals surface area contributed by atoms with Gasteiger partial charge in [-0.15, -0.1) is 11.3 Å². The molecule has 4 aromatic rings. The number of rotatable bonds is 4. The molecule has 1 aromatic heterocycles. The molecule has 1 atom stereocenters. The Morgan fingerprint density at radius 1 is 1.03 bits per heavy atom. The van der Waals surface area contributed by atoms with Crippen LogP contribution in [0, 0.1) is 0 Å². The molecule has 0 spiro atoms. The minimum atomic E-state index is -0.421. The van der Waals surface area contributed by atoms with Crippen LogP contribution in [-0.4, -0.2) is 19.0 Å². The van der Waals surface area contributed by atoms with Crippen LogP contribution in [0.5, 0.6) is 11.5 Å². The molecule has 0 fully saturated rings. The third kappa shape index (κ3) is 3.55. The molecular weight excluding hydrogens is 410 g/mol. The number of thiophene rings is 1. The molecule has 0 saturated carbocycles. The number of hydrogen-bond acceptors (Lipinski definition) is 5. The number of carbonyl (C=O) groups excluding carboxylic acids is 2. The standard InChI is InChI=1S/C25H19NO4S/c1-29-21-13-16(9-11-20(21)30-25(28)22-7-4-12-31-22)19-14-23(27)26-24-17-6-3-2-5-15(17)8-10-18(19)24/h2-13,19H,14H2,1H3,(H,26,27)/t19-/m0/s1. The highest BCUT2D eigenvalue weighted by atomic mass is 32.1. The number of methoxy groups -OCH3 is 1. The van der Waals surface area contributed by atoms with E-state index in [9.17, 15) is 9.59 Å². The lowest BCUT2D eigenvalue weighted by atomic mass is 9.83. The summed E-state index contributed by atoms with van der Waals surface area (Å²) in [6, 6.07) is 21.1. The quantitative estimate of drug-likeness (QED) is 0.339. The zero-order valence-electron chi connectivity index (χ0n) is 16.8. The summed E-state index contributed by atoms with van der Waals surface area (Å²) in [5, 5.41) is 6.97. The van der Waals surface area contributed by atoms with Gasteiger partial charge in [-0.1, -0.05) is 48.5 Å². The number of anilines is 1. The Hall–Kier alpha value is -3.64. The van der Waals surface area contributed by atoms with Crippen LogP contribution < -0.4 is 14.8 Å². The SMILES string of the molecule is COc1cc([C@@H]2CC(=O)Nc3c2ccc2ccccc32)ccc1OC(=O)c1cccs1. The molecule has 6 heteroatoms. The number of hydrogen-bond donors (Lipinski definition) is 1. The summed E-state index contributed by atoms with van der Waals surface area (Å²) in [7, 11) is 1.54. The normalized spacial score (nSPS) is 15.3. The van der Waals surface area contributed by atoms with E-state index in [4.69, 9.17) is 9.47 Å². The van der Waals surface area contributed by atoms with Gasteiger partial charge in [0.1, 0.15) is 4.88 Å². The van der Waals surface area contributed by atoms with Gasteiger partial charge in [-0.25, -0.2) is 4.79 Å². The Morgan fingerprint density at radius 3 is 2.71 bits per heavy atom. The van der Waals surface area contributed by atoms with E-state index < -0.39 is 5.97 Å². The number of fused-ring (bicyclic) bond motifs is 3. The van der Waals surface area contributed by atoms with Gasteiger partial charge in [-0.2, -0.15) is 0 Å². The lowest BCUT2D eigenvalue weighted by molar-refractivity contribution is -0.116. The van der Waals surface area contributed by atoms with Gasteiger partial charge < -0.3 is 14.8 Å². The highest BCUT2D eigenvalue weighted by molar-refractivity contribution is 7.12. The highest BCUT2D eigenvalue weighted by Crippen LogP contribution is 2.43. The molecule has 0 aliphatic carbocycles. The third-order valence-corrected chi connectivity index (χ3v) is 6.36. The van der Waals surface area contributed by atoms with E-state index in [1.165, 1.54) is 18.4 Å². The Morgan fingerprint density at radius 2 is 1.90 bits per heavy atom. The van der Waals surface area contributed by atoms with Gasteiger partial charge in [0, 0.05) is 17.7 Å². The molecule has 2 heterocycles. The van der Waals surface area contributed by atoms with Gasteiger partial charge in [0.05, 0.1) is 12.8 Å². The largest absolute Gasteiger partial charge is 0.493 e. The summed E-state index contributed by atoms with van der Waals surface area (Å²) >= 11 is 1.32. The van der Waals surface area contributed by atoms with Crippen LogP contribution in [-0.2, 0) is 4.79 Å². The van der Waals surface area contributed by atoms with Crippen molar-refractivity contribution in [2.45, 2.75) is 12.3 Å². The lowest BCUT2D eigenvalue weighted by Crippen LogP contribution is -2.23. The molecule has 1 aliphatic heterocycles. The smallest absolute Gasteiger partial charge is 0.353 e. The molecule has 0 bridgehead atoms. The van der Waals surface area contributed by atoms with E-state index in [2.05, 4.69) is 17.4 Å². The predicted molar refractivity (Wildman–Crippen MR) is 121 cm³/mol. The first-order valence-corrected chi connectivity index (χ1v) is 10.8. The van der Waals surface area contributed by atoms with Crippen LogP contribution >= 0.6 is 11.3 Å². The molecule has 5 nitrogen and oxygen atoms in total. The lowest BCUT2D eigenvalue weighted by Gasteiger charge is -2.27. The summed E-state index contributed by atoms with van der Waals surface area (Å²) in [4.78, 5) is 25.4. The molecule has 0 saturated heterocycles. The molecule has 154 valence electrons. The average molecular weight is 429 g/mol. The molecule has 1 aliphatic rings. The second-order valence-corrected chi connectivity index (χ2v) is 8.28. The maximum atomic E-state index is 12.5. The Labute approximate surface area is 183 Å². The van der Waals surface area contributed by atoms with Crippen LogP contribution in [0.4, 0.5) is 5.69 Å². The zero-order valence-corrected chi connectivity index (χ0v) is 17.6. The number of esters is 1. The van der Waals surface area contributed by atoms with Gasteiger partial charge in [-0.3, -0.25) is 4.79 Å². The first-order chi connectivity index (χ1) is 15.1. The van der Waals surface area contributed by atoms with Crippen molar-refractivity contribution in [1.82, 2.24) is 0 Å². The monoisotopic (exact) mass is 429 g/mol. The maximum absolute atomic E-state index is 12.5. The number of carbonyl (C=O) groups is 2. The van der Waals surface area contributed by atoms with Gasteiger partial charge in [0.25, 0.3) is 0 Å². The fourth-order valence-corrected chi connectivity index (χ4v) is 4.63. The molecule has 3 aromatic carbocycles. The predicted octanol–water partition coefficient (Wildman–Crippen LogP) is 5.60. The van der Waals surface area contributed by atoms with E-state index in [0.717, 1.165) is 27.6 Å². The molecule has 1 amide bonds. The van der Waals surface area contributed by atoms with Gasteiger partial charge in [0.15, 0.2) is 11.5 Å². The first kappa shape index (κ1) is 19.3. The number of ether oxygens (including phenoxy) is 2. The first-order valence-electron chi connectivity index (χ1n) is 9.89. The van der Waals surface area contributed by atoms with Crippen molar-refractivity contribution in [2.24, 2.45) is 0 Å². The highest BCUT2D eigenvalue weighted by Gasteiger charge is 2.28. The van der Waals surface area contributed by atoms with Crippen molar-refractivity contribution < 1.29 is 19.1 Å². The van der Waals surface area contributed by atoms with E-state index in [-0.39, 0.29) is 11.8 Å². The summed E-state index contributed by atoms with van der Waals surface area (Å²) in [6.45, 7) is 0. The van der Waals surface area contributed by atoms with Gasteiger partial charge >= 0.3 is 5.97 Å². The number of nitrogens with one attached hydrogen (secondary N) is 1. The van der Waals surface area contributed by atoms with Gasteiger partial charge in [0.2, 0.25) is 5.91 Å². The third-order valence-electron chi connectivity index (χ3n) is 5.51. The van der Waals surface area contributed by atoms with E-state index in [1.54, 1.807) is 18.2 Å². The van der Waals surface area contributed by atoms with Crippen LogP contribution in [0.3, 0.4) is 0 Å². The second kappa shape index (κ2) is 7.89. The van der Waals surface area contributed by atoms with Gasteiger partial charge in [-0.05, 0) is 40.1 Å². The molecule has 31 heavy (non-hydrogen) atoms. The fraction of sp³-hybridized carbons (Fsp3) is 0.120. The minimum absolute atomic E-state index is 0.0268.